The van der Waals surface area contributed by atoms with Gasteiger partial charge < -0.3 is 9.84 Å². The first kappa shape index (κ1) is 24.4. The SMILES string of the molecule is CC1CCC(Oc2ccc3ccc(CN4C5CCCC4CC(C(=O)O)C5)cc3c2C(F)(F)F)CC1. The van der Waals surface area contributed by atoms with Gasteiger partial charge in [-0.05, 0) is 85.8 Å². The minimum absolute atomic E-state index is 0.0687. The number of hydrogen-bond donors (Lipinski definition) is 1. The summed E-state index contributed by atoms with van der Waals surface area (Å²) < 4.78 is 49.0. The fourth-order valence-corrected chi connectivity index (χ4v) is 6.51. The predicted molar refractivity (Wildman–Crippen MR) is 128 cm³/mol. The van der Waals surface area contributed by atoms with Crippen molar-refractivity contribution in [1.82, 2.24) is 4.90 Å². The van der Waals surface area contributed by atoms with E-state index in [0.717, 1.165) is 50.5 Å². The molecule has 35 heavy (non-hydrogen) atoms. The van der Waals surface area contributed by atoms with Crippen LogP contribution in [0.3, 0.4) is 0 Å². The average molecular weight is 490 g/mol. The second kappa shape index (κ2) is 9.64. The predicted octanol–water partition coefficient (Wildman–Crippen LogP) is 7.03. The molecule has 2 aromatic carbocycles. The maximum atomic E-state index is 14.3. The van der Waals surface area contributed by atoms with Crippen molar-refractivity contribution in [2.24, 2.45) is 11.8 Å². The lowest BCUT2D eigenvalue weighted by Gasteiger charge is -2.48. The first-order valence-electron chi connectivity index (χ1n) is 13.0. The number of carboxylic acids is 1. The van der Waals surface area contributed by atoms with E-state index in [1.54, 1.807) is 18.2 Å². The van der Waals surface area contributed by atoms with Crippen molar-refractivity contribution in [3.05, 3.63) is 41.5 Å². The third-order valence-electron chi connectivity index (χ3n) is 8.43. The van der Waals surface area contributed by atoms with Crippen molar-refractivity contribution >= 4 is 16.7 Å². The number of fused-ring (bicyclic) bond motifs is 3. The largest absolute Gasteiger partial charge is 0.490 e. The molecule has 3 aliphatic rings. The van der Waals surface area contributed by atoms with E-state index in [4.69, 9.17) is 4.74 Å². The van der Waals surface area contributed by atoms with E-state index in [1.807, 2.05) is 6.07 Å². The van der Waals surface area contributed by atoms with Gasteiger partial charge in [-0.25, -0.2) is 0 Å². The third-order valence-corrected chi connectivity index (χ3v) is 8.43. The molecule has 5 rings (SSSR count). The molecule has 7 heteroatoms. The summed E-state index contributed by atoms with van der Waals surface area (Å²) in [6.45, 7) is 2.72. The summed E-state index contributed by atoms with van der Waals surface area (Å²) in [5.41, 5.74) is 0.151. The van der Waals surface area contributed by atoms with Crippen molar-refractivity contribution < 1.29 is 27.8 Å². The van der Waals surface area contributed by atoms with Crippen molar-refractivity contribution in [3.63, 3.8) is 0 Å². The number of hydrogen-bond acceptors (Lipinski definition) is 3. The molecule has 2 aliphatic heterocycles. The van der Waals surface area contributed by atoms with Crippen LogP contribution in [0.25, 0.3) is 10.8 Å². The van der Waals surface area contributed by atoms with Crippen LogP contribution in [0, 0.1) is 11.8 Å². The number of rotatable bonds is 5. The first-order chi connectivity index (χ1) is 16.7. The number of nitrogens with zero attached hydrogens (tertiary/aromatic N) is 1. The van der Waals surface area contributed by atoms with Gasteiger partial charge in [0, 0.05) is 18.6 Å². The lowest BCUT2D eigenvalue weighted by molar-refractivity contribution is -0.146. The van der Waals surface area contributed by atoms with E-state index in [2.05, 4.69) is 11.8 Å². The molecule has 2 saturated heterocycles. The summed E-state index contributed by atoms with van der Waals surface area (Å²) >= 11 is 0. The maximum Gasteiger partial charge on any atom is 0.420 e. The van der Waals surface area contributed by atoms with Crippen LogP contribution in [-0.4, -0.2) is 34.2 Å². The van der Waals surface area contributed by atoms with Gasteiger partial charge in [-0.2, -0.15) is 13.2 Å². The van der Waals surface area contributed by atoms with Crippen molar-refractivity contribution in [1.29, 1.82) is 0 Å². The Labute approximate surface area is 204 Å². The third kappa shape index (κ3) is 5.16. The normalized spacial score (nSPS) is 29.8. The molecule has 3 fully saturated rings. The molecule has 1 N–H and O–H groups in total. The van der Waals surface area contributed by atoms with Crippen molar-refractivity contribution in [2.45, 2.75) is 95.6 Å². The highest BCUT2D eigenvalue weighted by atomic mass is 19.4. The Morgan fingerprint density at radius 2 is 1.69 bits per heavy atom. The zero-order valence-corrected chi connectivity index (χ0v) is 20.2. The molecule has 0 spiro atoms. The minimum atomic E-state index is -4.52. The van der Waals surface area contributed by atoms with Crippen LogP contribution in [0.15, 0.2) is 30.3 Å². The van der Waals surface area contributed by atoms with Gasteiger partial charge in [-0.1, -0.05) is 31.5 Å². The van der Waals surface area contributed by atoms with Gasteiger partial charge in [0.1, 0.15) is 11.3 Å². The average Bonchev–Trinajstić information content (AvgIpc) is 2.79. The van der Waals surface area contributed by atoms with E-state index >= 15 is 0 Å². The minimum Gasteiger partial charge on any atom is -0.490 e. The zero-order valence-electron chi connectivity index (χ0n) is 20.2. The molecule has 2 heterocycles. The topological polar surface area (TPSA) is 49.8 Å². The van der Waals surface area contributed by atoms with E-state index in [1.165, 1.54) is 6.07 Å². The number of alkyl halides is 3. The molecule has 2 atom stereocenters. The van der Waals surface area contributed by atoms with Gasteiger partial charge in [0.2, 0.25) is 0 Å². The summed E-state index contributed by atoms with van der Waals surface area (Å²) in [6.07, 6.45) is 3.02. The number of halogens is 3. The smallest absolute Gasteiger partial charge is 0.420 e. The van der Waals surface area contributed by atoms with Crippen LogP contribution in [0.2, 0.25) is 0 Å². The number of carbonyl (C=O) groups is 1. The number of ether oxygens (including phenoxy) is 1. The second-order valence-corrected chi connectivity index (χ2v) is 10.9. The Hall–Kier alpha value is -2.28. The van der Waals surface area contributed by atoms with E-state index in [-0.39, 0.29) is 35.2 Å². The van der Waals surface area contributed by atoms with Crippen molar-refractivity contribution in [3.8, 4) is 5.75 Å². The zero-order chi connectivity index (χ0) is 24.7. The van der Waals surface area contributed by atoms with Gasteiger partial charge in [0.05, 0.1) is 12.0 Å². The van der Waals surface area contributed by atoms with Gasteiger partial charge in [0.25, 0.3) is 0 Å². The molecule has 0 amide bonds. The monoisotopic (exact) mass is 489 g/mol. The van der Waals surface area contributed by atoms with Crippen LogP contribution < -0.4 is 4.74 Å². The molecule has 2 bridgehead atoms. The summed E-state index contributed by atoms with van der Waals surface area (Å²) in [7, 11) is 0. The Kier molecular flexibility index (Phi) is 6.73. The number of benzene rings is 2. The van der Waals surface area contributed by atoms with Crippen LogP contribution in [-0.2, 0) is 17.5 Å². The Morgan fingerprint density at radius 1 is 1.03 bits per heavy atom. The standard InChI is InChI=1S/C28H34F3NO3/c1-17-5-10-23(11-6-17)35-25-12-9-19-8-7-18(13-24(19)26(25)28(29,30)31)16-32-21-3-2-4-22(32)15-20(14-21)27(33)34/h7-9,12-13,17,20-23H,2-6,10-11,14-16H2,1H3,(H,33,34). The number of aliphatic carboxylic acids is 1. The van der Waals surface area contributed by atoms with Gasteiger partial charge in [0.15, 0.2) is 0 Å². The van der Waals surface area contributed by atoms with Gasteiger partial charge in [-0.3, -0.25) is 9.69 Å². The van der Waals surface area contributed by atoms with Crippen LogP contribution in [0.5, 0.6) is 5.75 Å². The molecule has 2 unspecified atom stereocenters. The van der Waals surface area contributed by atoms with E-state index in [9.17, 15) is 23.1 Å². The van der Waals surface area contributed by atoms with E-state index < -0.39 is 17.7 Å². The molecule has 4 nitrogen and oxygen atoms in total. The summed E-state index contributed by atoms with van der Waals surface area (Å²) in [6, 6.07) is 8.89. The fraction of sp³-hybridized carbons (Fsp3) is 0.607. The molecule has 1 saturated carbocycles. The maximum absolute atomic E-state index is 14.3. The molecular weight excluding hydrogens is 455 g/mol. The highest BCUT2D eigenvalue weighted by molar-refractivity contribution is 5.89. The highest BCUT2D eigenvalue weighted by Gasteiger charge is 2.41. The van der Waals surface area contributed by atoms with Gasteiger partial charge >= 0.3 is 12.1 Å². The van der Waals surface area contributed by atoms with Crippen molar-refractivity contribution in [2.75, 3.05) is 0 Å². The van der Waals surface area contributed by atoms with E-state index in [0.29, 0.717) is 30.7 Å². The van der Waals surface area contributed by atoms with Crippen LogP contribution >= 0.6 is 0 Å². The quantitative estimate of drug-likeness (QED) is 0.490. The Balaban J connectivity index is 1.44. The van der Waals surface area contributed by atoms with Gasteiger partial charge in [-0.15, -0.1) is 0 Å². The molecule has 190 valence electrons. The number of carboxylic acid groups (broad SMARTS) is 1. The molecule has 0 radical (unpaired) electrons. The summed E-state index contributed by atoms with van der Waals surface area (Å²) in [4.78, 5) is 13.9. The summed E-state index contributed by atoms with van der Waals surface area (Å²) in [5.74, 6) is -0.531. The molecule has 0 aromatic heterocycles. The lowest BCUT2D eigenvalue weighted by Crippen LogP contribution is -2.52. The highest BCUT2D eigenvalue weighted by Crippen LogP contribution is 2.43. The fourth-order valence-electron chi connectivity index (χ4n) is 6.51. The lowest BCUT2D eigenvalue weighted by atomic mass is 9.78. The Morgan fingerprint density at radius 3 is 2.31 bits per heavy atom. The molecular formula is C28H34F3NO3. The molecule has 1 aliphatic carbocycles. The number of piperidine rings is 2. The Bertz CT molecular complexity index is 1060. The van der Waals surface area contributed by atoms with Crippen LogP contribution in [0.4, 0.5) is 13.2 Å². The second-order valence-electron chi connectivity index (χ2n) is 10.9. The molecule has 2 aromatic rings. The first-order valence-corrected chi connectivity index (χ1v) is 13.0. The van der Waals surface area contributed by atoms with Crippen LogP contribution in [0.1, 0.15) is 75.8 Å². The summed E-state index contributed by atoms with van der Waals surface area (Å²) in [5, 5.41) is 10.2.